The van der Waals surface area contributed by atoms with Gasteiger partial charge in [0.1, 0.15) is 6.54 Å². The van der Waals surface area contributed by atoms with E-state index in [1.807, 2.05) is 0 Å². The molecule has 0 saturated carbocycles. The van der Waals surface area contributed by atoms with Crippen LogP contribution in [-0.4, -0.2) is 90.5 Å². The van der Waals surface area contributed by atoms with E-state index in [9.17, 15) is 0 Å². The number of benzene rings is 1. The van der Waals surface area contributed by atoms with Crippen molar-refractivity contribution in [1.29, 1.82) is 0 Å². The molecule has 0 spiro atoms. The molecule has 4 aliphatic heterocycles. The first kappa shape index (κ1) is 13.5. The second-order valence-corrected chi connectivity index (χ2v) is 8.14. The van der Waals surface area contributed by atoms with Gasteiger partial charge in [-0.1, -0.05) is 30.3 Å². The molecule has 22 heavy (non-hydrogen) atoms. The first-order valence-electron chi connectivity index (χ1n) is 8.92. The number of piperazine rings is 2. The molecular formula is C18H28N4+2. The molecular weight excluding hydrogens is 272 g/mol. The van der Waals surface area contributed by atoms with Crippen molar-refractivity contribution in [2.45, 2.75) is 18.9 Å². The zero-order valence-electron chi connectivity index (χ0n) is 13.7. The number of hydrogen-bond donors (Lipinski definition) is 0. The summed E-state index contributed by atoms with van der Waals surface area (Å²) in [6.45, 7) is 11.9. The lowest BCUT2D eigenvalue weighted by Gasteiger charge is -2.55. The Morgan fingerprint density at radius 1 is 0.864 bits per heavy atom. The van der Waals surface area contributed by atoms with Crippen LogP contribution in [0.1, 0.15) is 5.56 Å². The van der Waals surface area contributed by atoms with Gasteiger partial charge in [-0.3, -0.25) is 4.48 Å². The number of quaternary nitrogens is 2. The van der Waals surface area contributed by atoms with Crippen LogP contribution < -0.4 is 0 Å². The summed E-state index contributed by atoms with van der Waals surface area (Å²) in [5, 5.41) is 0. The number of rotatable bonds is 2. The Kier molecular flexibility index (Phi) is 2.79. The number of hydrogen-bond acceptors (Lipinski definition) is 2. The summed E-state index contributed by atoms with van der Waals surface area (Å²) in [6.07, 6.45) is 1.48. The second kappa shape index (κ2) is 4.54. The minimum absolute atomic E-state index is 0.732. The third kappa shape index (κ3) is 1.72. The predicted octanol–water partition coefficient (Wildman–Crippen LogP) is 0.761. The fraction of sp³-hybridized carbons (Fsp3) is 0.667. The van der Waals surface area contributed by atoms with Crippen LogP contribution in [0.15, 0.2) is 30.3 Å². The van der Waals surface area contributed by atoms with E-state index in [2.05, 4.69) is 47.2 Å². The fourth-order valence-electron chi connectivity index (χ4n) is 5.80. The van der Waals surface area contributed by atoms with Gasteiger partial charge >= 0.3 is 0 Å². The summed E-state index contributed by atoms with van der Waals surface area (Å²) in [7, 11) is 2.52. The maximum atomic E-state index is 2.82. The normalized spacial score (nSPS) is 44.2. The molecule has 4 aliphatic rings. The SMILES string of the molecule is C[N+]12CCN3CC[N+]4(Cc5ccccc5)CCN(CC1)C4C32. The molecule has 1 aromatic carbocycles. The van der Waals surface area contributed by atoms with E-state index in [1.165, 1.54) is 73.4 Å². The minimum atomic E-state index is 0.732. The molecule has 4 heterocycles. The fourth-order valence-corrected chi connectivity index (χ4v) is 5.80. The van der Waals surface area contributed by atoms with E-state index in [0.717, 1.165) is 12.3 Å². The Labute approximate surface area is 133 Å². The molecule has 4 fully saturated rings. The van der Waals surface area contributed by atoms with Crippen molar-refractivity contribution in [2.24, 2.45) is 0 Å². The van der Waals surface area contributed by atoms with Crippen molar-refractivity contribution in [1.82, 2.24) is 9.80 Å². The van der Waals surface area contributed by atoms with E-state index < -0.39 is 0 Å². The molecule has 4 atom stereocenters. The van der Waals surface area contributed by atoms with Crippen molar-refractivity contribution >= 4 is 0 Å². The average Bonchev–Trinajstić information content (AvgIpc) is 3.06. The molecule has 0 aromatic heterocycles. The lowest BCUT2D eigenvalue weighted by atomic mass is 10.1. The number of likely N-dealkylation sites (N-methyl/N-ethyl adjacent to an activating group) is 1. The molecule has 0 N–H and O–H groups in total. The largest absolute Gasteiger partial charge is 0.303 e. The third-order valence-corrected chi connectivity index (χ3v) is 7.02. The Bertz CT molecular complexity index is 576. The molecule has 4 saturated heterocycles. The summed E-state index contributed by atoms with van der Waals surface area (Å²) in [5.41, 5.74) is 1.52. The molecule has 0 aliphatic carbocycles. The molecule has 118 valence electrons. The highest BCUT2D eigenvalue weighted by Gasteiger charge is 2.65. The molecule has 5 rings (SSSR count). The van der Waals surface area contributed by atoms with Gasteiger partial charge in [-0.05, 0) is 0 Å². The molecule has 1 aromatic rings. The highest BCUT2D eigenvalue weighted by Crippen LogP contribution is 2.42. The highest BCUT2D eigenvalue weighted by atomic mass is 15.7. The summed E-state index contributed by atoms with van der Waals surface area (Å²) in [6, 6.07) is 11.2. The van der Waals surface area contributed by atoms with E-state index >= 15 is 0 Å². The van der Waals surface area contributed by atoms with E-state index in [0.29, 0.717) is 0 Å². The minimum Gasteiger partial charge on any atom is -0.303 e. The maximum absolute atomic E-state index is 2.82. The maximum Gasteiger partial charge on any atom is 0.214 e. The van der Waals surface area contributed by atoms with E-state index in [-0.39, 0.29) is 0 Å². The van der Waals surface area contributed by atoms with Crippen LogP contribution in [0.2, 0.25) is 0 Å². The van der Waals surface area contributed by atoms with Crippen molar-refractivity contribution in [3.63, 3.8) is 0 Å². The van der Waals surface area contributed by atoms with Crippen LogP contribution in [0.25, 0.3) is 0 Å². The zero-order valence-corrected chi connectivity index (χ0v) is 13.7. The molecule has 0 radical (unpaired) electrons. The van der Waals surface area contributed by atoms with Gasteiger partial charge < -0.3 is 4.48 Å². The van der Waals surface area contributed by atoms with Gasteiger partial charge in [0.2, 0.25) is 12.3 Å². The topological polar surface area (TPSA) is 6.48 Å². The van der Waals surface area contributed by atoms with E-state index in [1.54, 1.807) is 0 Å². The lowest BCUT2D eigenvalue weighted by molar-refractivity contribution is -1.03. The van der Waals surface area contributed by atoms with Gasteiger partial charge in [0.25, 0.3) is 0 Å². The zero-order chi connectivity index (χ0) is 14.8. The smallest absolute Gasteiger partial charge is 0.214 e. The number of nitrogens with zero attached hydrogens (tertiary/aromatic N) is 4. The first-order valence-corrected chi connectivity index (χ1v) is 8.92. The second-order valence-electron chi connectivity index (χ2n) is 8.14. The van der Waals surface area contributed by atoms with Crippen LogP contribution in [0.5, 0.6) is 0 Å². The lowest BCUT2D eigenvalue weighted by Crippen LogP contribution is -2.77. The first-order chi connectivity index (χ1) is 10.7. The summed E-state index contributed by atoms with van der Waals surface area (Å²) in [4.78, 5) is 5.63. The molecule has 0 amide bonds. The van der Waals surface area contributed by atoms with Crippen molar-refractivity contribution in [3.8, 4) is 0 Å². The van der Waals surface area contributed by atoms with Crippen LogP contribution >= 0.6 is 0 Å². The summed E-state index contributed by atoms with van der Waals surface area (Å²) < 4.78 is 2.62. The molecule has 4 unspecified atom stereocenters. The third-order valence-electron chi connectivity index (χ3n) is 7.02. The van der Waals surface area contributed by atoms with Gasteiger partial charge in [0, 0.05) is 5.56 Å². The van der Waals surface area contributed by atoms with Crippen molar-refractivity contribution in [2.75, 3.05) is 59.4 Å². The standard InChI is InChI=1S/C18H28N4/c1-21-11-7-19-9-13-22(15-16-5-3-2-4-6-16)14-10-20(8-12-21)18(22)17(19)21/h2-6,17-18H,7-15H2,1H3/q+2. The van der Waals surface area contributed by atoms with Gasteiger partial charge in [-0.15, -0.1) is 0 Å². The molecule has 4 heteroatoms. The Morgan fingerprint density at radius 2 is 1.45 bits per heavy atom. The predicted molar refractivity (Wildman–Crippen MR) is 86.8 cm³/mol. The van der Waals surface area contributed by atoms with Crippen molar-refractivity contribution < 1.29 is 8.97 Å². The average molecular weight is 300 g/mol. The van der Waals surface area contributed by atoms with Gasteiger partial charge in [-0.25, -0.2) is 9.80 Å². The van der Waals surface area contributed by atoms with Crippen LogP contribution in [0.4, 0.5) is 0 Å². The van der Waals surface area contributed by atoms with Gasteiger partial charge in [-0.2, -0.15) is 0 Å². The van der Waals surface area contributed by atoms with Crippen molar-refractivity contribution in [3.05, 3.63) is 35.9 Å². The highest BCUT2D eigenvalue weighted by molar-refractivity contribution is 5.14. The van der Waals surface area contributed by atoms with Gasteiger partial charge in [0.15, 0.2) is 0 Å². The summed E-state index contributed by atoms with van der Waals surface area (Å²) >= 11 is 0. The monoisotopic (exact) mass is 300 g/mol. The van der Waals surface area contributed by atoms with E-state index in [4.69, 9.17) is 0 Å². The Hall–Kier alpha value is -0.940. The van der Waals surface area contributed by atoms with Gasteiger partial charge in [0.05, 0.1) is 59.4 Å². The summed E-state index contributed by atoms with van der Waals surface area (Å²) in [5.74, 6) is 0. The van der Waals surface area contributed by atoms with Crippen LogP contribution in [-0.2, 0) is 6.54 Å². The molecule has 0 bridgehead atoms. The van der Waals surface area contributed by atoms with Crippen LogP contribution in [0.3, 0.4) is 0 Å². The Morgan fingerprint density at radius 3 is 2.14 bits per heavy atom. The quantitative estimate of drug-likeness (QED) is 0.744. The van der Waals surface area contributed by atoms with Crippen LogP contribution in [0, 0.1) is 0 Å². The molecule has 4 nitrogen and oxygen atoms in total. The Balaban J connectivity index is 1.53.